The van der Waals surface area contributed by atoms with Gasteiger partial charge in [0.05, 0.1) is 29.8 Å². The van der Waals surface area contributed by atoms with Gasteiger partial charge in [-0.15, -0.1) is 0 Å². The van der Waals surface area contributed by atoms with Gasteiger partial charge in [-0.1, -0.05) is 30.7 Å². The Morgan fingerprint density at radius 1 is 1.29 bits per heavy atom. The Morgan fingerprint density at radius 3 is 2.81 bits per heavy atom. The smallest absolute Gasteiger partial charge is 0.228 e. The first-order valence-corrected chi connectivity index (χ1v) is 7.35. The molecule has 0 radical (unpaired) electrons. The number of nitrogens with zero attached hydrogens (tertiary/aromatic N) is 1. The van der Waals surface area contributed by atoms with Gasteiger partial charge in [0.15, 0.2) is 0 Å². The van der Waals surface area contributed by atoms with E-state index < -0.39 is 0 Å². The summed E-state index contributed by atoms with van der Waals surface area (Å²) >= 11 is 0. The first-order valence-electron chi connectivity index (χ1n) is 7.35. The summed E-state index contributed by atoms with van der Waals surface area (Å²) in [5, 5.41) is 4.12. The van der Waals surface area contributed by atoms with Gasteiger partial charge in [-0.25, -0.2) is 0 Å². The van der Waals surface area contributed by atoms with E-state index in [9.17, 15) is 4.79 Å². The Labute approximate surface area is 124 Å². The van der Waals surface area contributed by atoms with Crippen LogP contribution < -0.4 is 5.32 Å². The lowest BCUT2D eigenvalue weighted by Crippen LogP contribution is -2.48. The first kappa shape index (κ1) is 14.0. The van der Waals surface area contributed by atoms with Crippen LogP contribution in [0.15, 0.2) is 36.4 Å². The molecule has 0 spiro atoms. The fraction of sp³-hybridized carbons (Fsp3) is 0.412. The molecule has 1 saturated carbocycles. The molecule has 0 aliphatic heterocycles. The fourth-order valence-corrected chi connectivity index (χ4v) is 2.88. The minimum absolute atomic E-state index is 0.0885. The molecule has 2 aromatic rings. The number of hydrogen-bond acceptors (Lipinski definition) is 3. The molecule has 1 aromatic heterocycles. The maximum atomic E-state index is 12.4. The summed E-state index contributed by atoms with van der Waals surface area (Å²) < 4.78 is 5.20. The zero-order valence-electron chi connectivity index (χ0n) is 12.3. The van der Waals surface area contributed by atoms with Crippen molar-refractivity contribution in [3.05, 3.63) is 42.1 Å². The van der Waals surface area contributed by atoms with Gasteiger partial charge in [0.25, 0.3) is 0 Å². The third-order valence-electron chi connectivity index (χ3n) is 4.30. The number of nitrogens with one attached hydrogen (secondary N) is 1. The number of ether oxygens (including phenoxy) is 1. The van der Waals surface area contributed by atoms with Crippen molar-refractivity contribution in [2.45, 2.75) is 25.8 Å². The molecule has 4 heteroatoms. The van der Waals surface area contributed by atoms with Crippen LogP contribution in [0.2, 0.25) is 0 Å². The first-order chi connectivity index (χ1) is 10.2. The Morgan fingerprint density at radius 2 is 2.10 bits per heavy atom. The highest BCUT2D eigenvalue weighted by molar-refractivity contribution is 5.83. The monoisotopic (exact) mass is 284 g/mol. The summed E-state index contributed by atoms with van der Waals surface area (Å²) in [6.07, 6.45) is 2.93. The van der Waals surface area contributed by atoms with Crippen LogP contribution in [-0.2, 0) is 16.1 Å². The molecule has 1 heterocycles. The Kier molecular flexibility index (Phi) is 3.88. The van der Waals surface area contributed by atoms with Crippen molar-refractivity contribution in [2.75, 3.05) is 13.7 Å². The average Bonchev–Trinajstić information content (AvgIpc) is 2.48. The van der Waals surface area contributed by atoms with Crippen LogP contribution in [0.5, 0.6) is 0 Å². The number of amides is 1. The van der Waals surface area contributed by atoms with Gasteiger partial charge in [-0.05, 0) is 25.0 Å². The van der Waals surface area contributed by atoms with Crippen molar-refractivity contribution in [1.29, 1.82) is 0 Å². The number of para-hydroxylation sites is 1. The fourth-order valence-electron chi connectivity index (χ4n) is 2.88. The van der Waals surface area contributed by atoms with E-state index in [2.05, 4.69) is 10.3 Å². The van der Waals surface area contributed by atoms with E-state index in [1.54, 1.807) is 7.11 Å². The van der Waals surface area contributed by atoms with E-state index in [1.165, 1.54) is 0 Å². The minimum atomic E-state index is -0.314. The summed E-state index contributed by atoms with van der Waals surface area (Å²) in [7, 11) is 1.65. The topological polar surface area (TPSA) is 51.2 Å². The van der Waals surface area contributed by atoms with Crippen molar-refractivity contribution in [3.63, 3.8) is 0 Å². The summed E-state index contributed by atoms with van der Waals surface area (Å²) in [6, 6.07) is 12.0. The largest absolute Gasteiger partial charge is 0.384 e. The molecular formula is C17H20N2O2. The van der Waals surface area contributed by atoms with E-state index in [0.717, 1.165) is 35.9 Å². The van der Waals surface area contributed by atoms with Crippen molar-refractivity contribution in [1.82, 2.24) is 10.3 Å². The van der Waals surface area contributed by atoms with Gasteiger partial charge in [0.2, 0.25) is 5.91 Å². The number of methoxy groups -OCH3 is 1. The Bertz CT molecular complexity index is 650. The van der Waals surface area contributed by atoms with Crippen LogP contribution in [0.4, 0.5) is 0 Å². The number of carbonyl (C=O) groups excluding carboxylic acids is 1. The van der Waals surface area contributed by atoms with Crippen LogP contribution in [0.1, 0.15) is 25.0 Å². The summed E-state index contributed by atoms with van der Waals surface area (Å²) in [5.74, 6) is 0.0885. The Balaban J connectivity index is 1.67. The molecule has 1 N–H and O–H groups in total. The van der Waals surface area contributed by atoms with Gasteiger partial charge in [-0.3, -0.25) is 9.78 Å². The number of rotatable bonds is 5. The highest BCUT2D eigenvalue weighted by Gasteiger charge is 2.43. The molecule has 0 atom stereocenters. The molecule has 1 fully saturated rings. The third kappa shape index (κ3) is 2.76. The number of carbonyl (C=O) groups is 1. The standard InChI is InChI=1S/C17H20N2O2/c1-21-12-17(9-4-10-17)16(20)18-11-14-8-7-13-5-2-3-6-15(13)19-14/h2-3,5-8H,4,9-12H2,1H3,(H,18,20). The molecule has 0 saturated heterocycles. The minimum Gasteiger partial charge on any atom is -0.384 e. The molecule has 0 bridgehead atoms. The average molecular weight is 284 g/mol. The molecular weight excluding hydrogens is 264 g/mol. The maximum Gasteiger partial charge on any atom is 0.228 e. The molecule has 4 nitrogen and oxygen atoms in total. The lowest BCUT2D eigenvalue weighted by Gasteiger charge is -2.39. The molecule has 1 amide bonds. The number of aromatic nitrogens is 1. The van der Waals surface area contributed by atoms with Crippen molar-refractivity contribution in [3.8, 4) is 0 Å². The van der Waals surface area contributed by atoms with E-state index in [0.29, 0.717) is 13.2 Å². The van der Waals surface area contributed by atoms with Gasteiger partial charge in [0.1, 0.15) is 0 Å². The second-order valence-electron chi connectivity index (χ2n) is 5.74. The lowest BCUT2D eigenvalue weighted by atomic mass is 9.68. The predicted octanol–water partition coefficient (Wildman–Crippen LogP) is 2.67. The zero-order chi connectivity index (χ0) is 14.7. The molecule has 1 aliphatic carbocycles. The van der Waals surface area contributed by atoms with E-state index in [1.807, 2.05) is 36.4 Å². The van der Waals surface area contributed by atoms with Crippen LogP contribution >= 0.6 is 0 Å². The number of benzene rings is 1. The van der Waals surface area contributed by atoms with Crippen LogP contribution in [0, 0.1) is 5.41 Å². The van der Waals surface area contributed by atoms with Crippen molar-refractivity contribution >= 4 is 16.8 Å². The van der Waals surface area contributed by atoms with E-state index >= 15 is 0 Å². The molecule has 3 rings (SSSR count). The number of hydrogen-bond donors (Lipinski definition) is 1. The summed E-state index contributed by atoms with van der Waals surface area (Å²) in [4.78, 5) is 16.9. The molecule has 21 heavy (non-hydrogen) atoms. The van der Waals surface area contributed by atoms with Gasteiger partial charge >= 0.3 is 0 Å². The van der Waals surface area contributed by atoms with Gasteiger partial charge in [0, 0.05) is 12.5 Å². The molecule has 1 aliphatic rings. The summed E-state index contributed by atoms with van der Waals surface area (Å²) in [5.41, 5.74) is 1.53. The van der Waals surface area contributed by atoms with Crippen LogP contribution in [0.25, 0.3) is 10.9 Å². The van der Waals surface area contributed by atoms with E-state index in [4.69, 9.17) is 4.74 Å². The normalized spacial score (nSPS) is 16.4. The number of pyridine rings is 1. The van der Waals surface area contributed by atoms with E-state index in [-0.39, 0.29) is 11.3 Å². The highest BCUT2D eigenvalue weighted by Crippen LogP contribution is 2.41. The maximum absolute atomic E-state index is 12.4. The van der Waals surface area contributed by atoms with Gasteiger partial charge in [-0.2, -0.15) is 0 Å². The van der Waals surface area contributed by atoms with Crippen molar-refractivity contribution in [2.24, 2.45) is 5.41 Å². The van der Waals surface area contributed by atoms with Crippen LogP contribution in [0.3, 0.4) is 0 Å². The summed E-state index contributed by atoms with van der Waals surface area (Å²) in [6.45, 7) is 0.971. The van der Waals surface area contributed by atoms with Crippen molar-refractivity contribution < 1.29 is 9.53 Å². The zero-order valence-corrected chi connectivity index (χ0v) is 12.3. The molecule has 0 unspecified atom stereocenters. The van der Waals surface area contributed by atoms with Gasteiger partial charge < -0.3 is 10.1 Å². The lowest BCUT2D eigenvalue weighted by molar-refractivity contribution is -0.140. The Hall–Kier alpha value is -1.94. The molecule has 110 valence electrons. The van der Waals surface area contributed by atoms with Crippen LogP contribution in [-0.4, -0.2) is 24.6 Å². The quantitative estimate of drug-likeness (QED) is 0.918. The second-order valence-corrected chi connectivity index (χ2v) is 5.74. The number of fused-ring (bicyclic) bond motifs is 1. The SMILES string of the molecule is COCC1(C(=O)NCc2ccc3ccccc3n2)CCC1. The molecule has 1 aromatic carbocycles. The second kappa shape index (κ2) is 5.82. The highest BCUT2D eigenvalue weighted by atomic mass is 16.5. The third-order valence-corrected chi connectivity index (χ3v) is 4.30. The predicted molar refractivity (Wildman–Crippen MR) is 81.7 cm³/mol.